The summed E-state index contributed by atoms with van der Waals surface area (Å²) in [7, 11) is 0. The van der Waals surface area contributed by atoms with E-state index in [-0.39, 0.29) is 5.91 Å². The molecule has 0 radical (unpaired) electrons. The Labute approximate surface area is 179 Å². The number of carbonyl (C=O) groups excluding carboxylic acids is 1. The van der Waals surface area contributed by atoms with Gasteiger partial charge in [0.25, 0.3) is 5.91 Å². The van der Waals surface area contributed by atoms with Crippen LogP contribution in [0.15, 0.2) is 72.4 Å². The van der Waals surface area contributed by atoms with Crippen LogP contribution in [-0.2, 0) is 13.2 Å². The first-order valence-corrected chi connectivity index (χ1v) is 10.6. The van der Waals surface area contributed by atoms with Crippen LogP contribution in [0.3, 0.4) is 0 Å². The zero-order valence-corrected chi connectivity index (χ0v) is 17.8. The summed E-state index contributed by atoms with van der Waals surface area (Å²) in [6.07, 6.45) is 3.67. The molecule has 0 aliphatic rings. The first-order chi connectivity index (χ1) is 14.6. The average Bonchev–Trinajstić information content (AvgIpc) is 3.40. The molecule has 1 N–H and O–H groups in total. The van der Waals surface area contributed by atoms with Crippen molar-refractivity contribution in [3.05, 3.63) is 99.5 Å². The number of ether oxygens (including phenoxy) is 1. The number of carbonyl (C=O) groups is 1. The summed E-state index contributed by atoms with van der Waals surface area (Å²) in [5.41, 5.74) is 5.15. The van der Waals surface area contributed by atoms with E-state index >= 15 is 0 Å². The van der Waals surface area contributed by atoms with Gasteiger partial charge in [0.05, 0.1) is 11.4 Å². The van der Waals surface area contributed by atoms with E-state index in [2.05, 4.69) is 23.4 Å². The molecule has 0 unspecified atom stereocenters. The predicted octanol–water partition coefficient (Wildman–Crippen LogP) is 5.44. The number of anilines is 1. The van der Waals surface area contributed by atoms with Crippen molar-refractivity contribution in [3.63, 3.8) is 0 Å². The van der Waals surface area contributed by atoms with Gasteiger partial charge in [-0.25, -0.2) is 0 Å². The van der Waals surface area contributed by atoms with Gasteiger partial charge in [0, 0.05) is 23.6 Å². The van der Waals surface area contributed by atoms with Gasteiger partial charge in [-0.2, -0.15) is 5.10 Å². The quantitative estimate of drug-likeness (QED) is 0.436. The highest BCUT2D eigenvalue weighted by atomic mass is 32.1. The summed E-state index contributed by atoms with van der Waals surface area (Å²) in [6.45, 7) is 5.20. The van der Waals surface area contributed by atoms with Crippen LogP contribution in [0.5, 0.6) is 5.75 Å². The minimum Gasteiger partial charge on any atom is -0.489 e. The van der Waals surface area contributed by atoms with Crippen LogP contribution in [-0.4, -0.2) is 15.7 Å². The van der Waals surface area contributed by atoms with Gasteiger partial charge in [0.2, 0.25) is 0 Å². The lowest BCUT2D eigenvalue weighted by molar-refractivity contribution is 0.103. The number of benzene rings is 2. The molecule has 2 heterocycles. The minimum atomic E-state index is -0.117. The second kappa shape index (κ2) is 8.97. The van der Waals surface area contributed by atoms with Crippen LogP contribution >= 0.6 is 11.3 Å². The molecule has 0 fully saturated rings. The van der Waals surface area contributed by atoms with Gasteiger partial charge >= 0.3 is 0 Å². The van der Waals surface area contributed by atoms with Gasteiger partial charge in [-0.1, -0.05) is 29.8 Å². The lowest BCUT2D eigenvalue weighted by atomic mass is 10.1. The fraction of sp³-hybridized carbons (Fsp3) is 0.167. The highest BCUT2D eigenvalue weighted by Crippen LogP contribution is 2.22. The standard InChI is InChI=1S/C24H23N3O2S/c1-17-7-8-22(18(2)11-17)29-15-20-13-23(30-16-20)24(28)26-21-6-3-5-19(12-21)14-27-10-4-9-25-27/h3-13,16H,14-15H2,1-2H3,(H,26,28). The van der Waals surface area contributed by atoms with E-state index in [0.29, 0.717) is 18.0 Å². The third kappa shape index (κ3) is 4.96. The summed E-state index contributed by atoms with van der Waals surface area (Å²) < 4.78 is 7.77. The highest BCUT2D eigenvalue weighted by Gasteiger charge is 2.11. The topological polar surface area (TPSA) is 56.1 Å². The zero-order valence-electron chi connectivity index (χ0n) is 17.0. The van der Waals surface area contributed by atoms with Crippen LogP contribution in [0.1, 0.15) is 31.9 Å². The van der Waals surface area contributed by atoms with Gasteiger partial charge in [0.1, 0.15) is 12.4 Å². The molecular weight excluding hydrogens is 394 g/mol. The van der Waals surface area contributed by atoms with Crippen LogP contribution < -0.4 is 10.1 Å². The second-order valence-electron chi connectivity index (χ2n) is 7.23. The van der Waals surface area contributed by atoms with Gasteiger partial charge in [-0.3, -0.25) is 9.48 Å². The maximum atomic E-state index is 12.7. The van der Waals surface area contributed by atoms with Gasteiger partial charge in [-0.05, 0) is 60.7 Å². The molecule has 0 bridgehead atoms. The Kier molecular flexibility index (Phi) is 5.95. The lowest BCUT2D eigenvalue weighted by Crippen LogP contribution is -2.10. The third-order valence-electron chi connectivity index (χ3n) is 4.69. The fourth-order valence-electron chi connectivity index (χ4n) is 3.21. The summed E-state index contributed by atoms with van der Waals surface area (Å²) in [4.78, 5) is 13.3. The van der Waals surface area contributed by atoms with Crippen LogP contribution in [0.4, 0.5) is 5.69 Å². The van der Waals surface area contributed by atoms with E-state index in [9.17, 15) is 4.79 Å². The molecule has 6 heteroatoms. The maximum absolute atomic E-state index is 12.7. The third-order valence-corrected chi connectivity index (χ3v) is 5.67. The number of aryl methyl sites for hydroxylation is 2. The van der Waals surface area contributed by atoms with E-state index < -0.39 is 0 Å². The number of nitrogens with zero attached hydrogens (tertiary/aromatic N) is 2. The largest absolute Gasteiger partial charge is 0.489 e. The molecule has 2 aromatic carbocycles. The van der Waals surface area contributed by atoms with Crippen molar-refractivity contribution in [1.29, 1.82) is 0 Å². The monoisotopic (exact) mass is 417 g/mol. The van der Waals surface area contributed by atoms with E-state index in [0.717, 1.165) is 28.1 Å². The van der Waals surface area contributed by atoms with Gasteiger partial charge < -0.3 is 10.1 Å². The van der Waals surface area contributed by atoms with Gasteiger partial charge in [0.15, 0.2) is 0 Å². The van der Waals surface area contributed by atoms with E-state index in [1.807, 2.05) is 71.7 Å². The summed E-state index contributed by atoms with van der Waals surface area (Å²) >= 11 is 1.42. The number of nitrogens with one attached hydrogen (secondary N) is 1. The normalized spacial score (nSPS) is 10.7. The van der Waals surface area contributed by atoms with E-state index in [1.54, 1.807) is 6.20 Å². The lowest BCUT2D eigenvalue weighted by Gasteiger charge is -2.08. The SMILES string of the molecule is Cc1ccc(OCc2csc(C(=O)Nc3cccc(Cn4cccn4)c3)c2)c(C)c1. The Morgan fingerprint density at radius 2 is 2.00 bits per heavy atom. The number of hydrogen-bond donors (Lipinski definition) is 1. The molecule has 1 amide bonds. The molecule has 2 aromatic heterocycles. The Morgan fingerprint density at radius 1 is 1.10 bits per heavy atom. The molecule has 4 aromatic rings. The molecule has 30 heavy (non-hydrogen) atoms. The number of amides is 1. The van der Waals surface area contributed by atoms with Crippen molar-refractivity contribution in [2.45, 2.75) is 27.0 Å². The van der Waals surface area contributed by atoms with Gasteiger partial charge in [-0.15, -0.1) is 11.3 Å². The predicted molar refractivity (Wildman–Crippen MR) is 120 cm³/mol. The van der Waals surface area contributed by atoms with Crippen molar-refractivity contribution in [3.8, 4) is 5.75 Å². The van der Waals surface area contributed by atoms with Crippen molar-refractivity contribution in [2.24, 2.45) is 0 Å². The molecule has 152 valence electrons. The van der Waals surface area contributed by atoms with Crippen LogP contribution in [0, 0.1) is 13.8 Å². The smallest absolute Gasteiger partial charge is 0.265 e. The molecule has 0 saturated carbocycles. The molecule has 0 spiro atoms. The molecular formula is C24H23N3O2S. The van der Waals surface area contributed by atoms with Crippen molar-refractivity contribution in [1.82, 2.24) is 9.78 Å². The van der Waals surface area contributed by atoms with Crippen molar-refractivity contribution >= 4 is 22.9 Å². The number of thiophene rings is 1. The fourth-order valence-corrected chi connectivity index (χ4v) is 4.01. The minimum absolute atomic E-state index is 0.117. The summed E-state index contributed by atoms with van der Waals surface area (Å²) in [5, 5.41) is 9.17. The number of rotatable bonds is 7. The first-order valence-electron chi connectivity index (χ1n) is 9.72. The van der Waals surface area contributed by atoms with E-state index in [4.69, 9.17) is 4.74 Å². The average molecular weight is 418 g/mol. The van der Waals surface area contributed by atoms with Crippen LogP contribution in [0.2, 0.25) is 0 Å². The molecule has 0 atom stereocenters. The Hall–Kier alpha value is -3.38. The Morgan fingerprint density at radius 3 is 2.80 bits per heavy atom. The summed E-state index contributed by atoms with van der Waals surface area (Å²) in [6, 6.07) is 17.7. The number of hydrogen-bond acceptors (Lipinski definition) is 4. The highest BCUT2D eigenvalue weighted by molar-refractivity contribution is 7.12. The molecule has 4 rings (SSSR count). The first kappa shape index (κ1) is 19.9. The number of aromatic nitrogens is 2. The second-order valence-corrected chi connectivity index (χ2v) is 8.15. The maximum Gasteiger partial charge on any atom is 0.265 e. The molecule has 0 aliphatic carbocycles. The molecule has 0 saturated heterocycles. The Balaban J connectivity index is 1.37. The molecule has 5 nitrogen and oxygen atoms in total. The van der Waals surface area contributed by atoms with E-state index in [1.165, 1.54) is 16.9 Å². The Bertz CT molecular complexity index is 1150. The van der Waals surface area contributed by atoms with Crippen molar-refractivity contribution < 1.29 is 9.53 Å². The molecule has 0 aliphatic heterocycles. The van der Waals surface area contributed by atoms with Crippen molar-refractivity contribution in [2.75, 3.05) is 5.32 Å². The van der Waals surface area contributed by atoms with Crippen LogP contribution in [0.25, 0.3) is 0 Å². The zero-order chi connectivity index (χ0) is 20.9. The summed E-state index contributed by atoms with van der Waals surface area (Å²) in [5.74, 6) is 0.751.